The number of carbonyl (C=O) groups excluding carboxylic acids is 2. The highest BCUT2D eigenvalue weighted by Gasteiger charge is 2.26. The lowest BCUT2D eigenvalue weighted by Crippen LogP contribution is -2.46. The fourth-order valence-corrected chi connectivity index (χ4v) is 2.58. The zero-order chi connectivity index (χ0) is 14.5. The third-order valence-corrected chi connectivity index (χ3v) is 3.99. The summed E-state index contributed by atoms with van der Waals surface area (Å²) in [4.78, 5) is 34.2. The highest BCUT2D eigenvalue weighted by atomic mass is 16.2. The number of aryl methyl sites for hydroxylation is 1. The summed E-state index contributed by atoms with van der Waals surface area (Å²) in [6.45, 7) is 3.05. The van der Waals surface area contributed by atoms with E-state index in [1.807, 2.05) is 11.9 Å². The molecule has 0 atom stereocenters. The average molecular weight is 278 g/mol. The molecule has 0 unspecified atom stereocenters. The van der Waals surface area contributed by atoms with E-state index in [1.54, 1.807) is 24.2 Å². The quantitative estimate of drug-likeness (QED) is 0.886. The largest absolute Gasteiger partial charge is 0.349 e. The summed E-state index contributed by atoms with van der Waals surface area (Å²) in [7, 11) is 1.83. The van der Waals surface area contributed by atoms with Crippen molar-refractivity contribution in [2.75, 3.05) is 20.1 Å². The van der Waals surface area contributed by atoms with Gasteiger partial charge in [-0.25, -0.2) is 4.98 Å². The molecule has 1 aliphatic rings. The van der Waals surface area contributed by atoms with Crippen LogP contribution in [0.1, 0.15) is 32.0 Å². The predicted molar refractivity (Wildman–Crippen MR) is 75.0 cm³/mol. The number of H-pyrrole nitrogens is 1. The van der Waals surface area contributed by atoms with Gasteiger partial charge in [0.15, 0.2) is 0 Å². The van der Waals surface area contributed by atoms with Crippen molar-refractivity contribution in [3.63, 3.8) is 0 Å². The standard InChI is InChI=1S/C14H22N4O2/c1-11(19)17(2)12-5-9-18(10-6-12)14(20)4-3-13-15-7-8-16-13/h7-8,12H,3-6,9-10H2,1-2H3,(H,15,16). The highest BCUT2D eigenvalue weighted by Crippen LogP contribution is 2.16. The first-order valence-corrected chi connectivity index (χ1v) is 7.07. The Morgan fingerprint density at radius 3 is 2.70 bits per heavy atom. The number of nitrogens with one attached hydrogen (secondary N) is 1. The van der Waals surface area contributed by atoms with Crippen molar-refractivity contribution in [1.82, 2.24) is 19.8 Å². The number of piperidine rings is 1. The molecule has 1 N–H and O–H groups in total. The van der Waals surface area contributed by atoms with Gasteiger partial charge in [-0.3, -0.25) is 9.59 Å². The van der Waals surface area contributed by atoms with Crippen molar-refractivity contribution in [2.45, 2.75) is 38.6 Å². The van der Waals surface area contributed by atoms with Crippen LogP contribution in [0.15, 0.2) is 12.4 Å². The first kappa shape index (κ1) is 14.6. The Morgan fingerprint density at radius 2 is 2.15 bits per heavy atom. The Hall–Kier alpha value is -1.85. The predicted octanol–water partition coefficient (Wildman–Crippen LogP) is 0.812. The number of hydrogen-bond donors (Lipinski definition) is 1. The van der Waals surface area contributed by atoms with Gasteiger partial charge in [-0.15, -0.1) is 0 Å². The van der Waals surface area contributed by atoms with Crippen LogP contribution in [0.3, 0.4) is 0 Å². The van der Waals surface area contributed by atoms with Gasteiger partial charge in [0.1, 0.15) is 5.82 Å². The van der Waals surface area contributed by atoms with Crippen LogP contribution in [0.2, 0.25) is 0 Å². The van der Waals surface area contributed by atoms with Crippen LogP contribution in [0, 0.1) is 0 Å². The van der Waals surface area contributed by atoms with Crippen molar-refractivity contribution in [1.29, 1.82) is 0 Å². The lowest BCUT2D eigenvalue weighted by Gasteiger charge is -2.36. The molecule has 0 aliphatic carbocycles. The molecule has 6 nitrogen and oxygen atoms in total. The number of carbonyl (C=O) groups is 2. The van der Waals surface area contributed by atoms with Gasteiger partial charge < -0.3 is 14.8 Å². The molecule has 0 aromatic carbocycles. The van der Waals surface area contributed by atoms with Crippen LogP contribution in [-0.4, -0.2) is 57.8 Å². The van der Waals surface area contributed by atoms with E-state index in [4.69, 9.17) is 0 Å². The van der Waals surface area contributed by atoms with Crippen LogP contribution in [-0.2, 0) is 16.0 Å². The summed E-state index contributed by atoms with van der Waals surface area (Å²) in [5.41, 5.74) is 0. The maximum absolute atomic E-state index is 12.1. The fourth-order valence-electron chi connectivity index (χ4n) is 2.58. The van der Waals surface area contributed by atoms with Crippen molar-refractivity contribution in [2.24, 2.45) is 0 Å². The zero-order valence-electron chi connectivity index (χ0n) is 12.1. The molecule has 0 bridgehead atoms. The van der Waals surface area contributed by atoms with Crippen molar-refractivity contribution in [3.05, 3.63) is 18.2 Å². The zero-order valence-corrected chi connectivity index (χ0v) is 12.1. The molecule has 2 amide bonds. The maximum atomic E-state index is 12.1. The Labute approximate surface area is 119 Å². The van der Waals surface area contributed by atoms with Crippen LogP contribution in [0.5, 0.6) is 0 Å². The van der Waals surface area contributed by atoms with E-state index in [9.17, 15) is 9.59 Å². The average Bonchev–Trinajstić information content (AvgIpc) is 2.97. The number of hydrogen-bond acceptors (Lipinski definition) is 3. The molecule has 6 heteroatoms. The van der Waals surface area contributed by atoms with E-state index >= 15 is 0 Å². The van der Waals surface area contributed by atoms with Gasteiger partial charge in [0, 0.05) is 58.3 Å². The van der Waals surface area contributed by atoms with Gasteiger partial charge in [-0.1, -0.05) is 0 Å². The number of imidazole rings is 1. The Balaban J connectivity index is 1.75. The molecule has 1 aromatic rings. The van der Waals surface area contributed by atoms with E-state index in [1.165, 1.54) is 0 Å². The molecule has 20 heavy (non-hydrogen) atoms. The van der Waals surface area contributed by atoms with E-state index in [2.05, 4.69) is 9.97 Å². The number of aromatic nitrogens is 2. The first-order valence-electron chi connectivity index (χ1n) is 7.07. The van der Waals surface area contributed by atoms with Crippen LogP contribution >= 0.6 is 0 Å². The summed E-state index contributed by atoms with van der Waals surface area (Å²) >= 11 is 0. The normalized spacial score (nSPS) is 16.2. The van der Waals surface area contributed by atoms with E-state index < -0.39 is 0 Å². The number of amides is 2. The second-order valence-corrected chi connectivity index (χ2v) is 5.28. The molecular weight excluding hydrogens is 256 g/mol. The Bertz CT molecular complexity index is 450. The minimum atomic E-state index is 0.0904. The van der Waals surface area contributed by atoms with Crippen LogP contribution in [0.4, 0.5) is 0 Å². The smallest absolute Gasteiger partial charge is 0.223 e. The summed E-state index contributed by atoms with van der Waals surface area (Å²) in [5.74, 6) is 1.11. The Kier molecular flexibility index (Phi) is 4.76. The van der Waals surface area contributed by atoms with Gasteiger partial charge in [-0.05, 0) is 12.8 Å². The van der Waals surface area contributed by atoms with Gasteiger partial charge in [0.2, 0.25) is 11.8 Å². The Morgan fingerprint density at radius 1 is 1.45 bits per heavy atom. The molecule has 110 valence electrons. The number of aromatic amines is 1. The number of nitrogens with zero attached hydrogens (tertiary/aromatic N) is 3. The molecule has 1 aromatic heterocycles. The molecule has 2 heterocycles. The van der Waals surface area contributed by atoms with Gasteiger partial charge >= 0.3 is 0 Å². The fraction of sp³-hybridized carbons (Fsp3) is 0.643. The second kappa shape index (κ2) is 6.54. The third kappa shape index (κ3) is 3.59. The SMILES string of the molecule is CC(=O)N(C)C1CCN(C(=O)CCc2ncc[nH]2)CC1. The highest BCUT2D eigenvalue weighted by molar-refractivity contribution is 5.76. The number of likely N-dealkylation sites (tertiary alicyclic amines) is 1. The second-order valence-electron chi connectivity index (χ2n) is 5.28. The van der Waals surface area contributed by atoms with Gasteiger partial charge in [0.05, 0.1) is 0 Å². The van der Waals surface area contributed by atoms with Crippen molar-refractivity contribution < 1.29 is 9.59 Å². The summed E-state index contributed by atoms with van der Waals surface area (Å²) in [6, 6.07) is 0.265. The van der Waals surface area contributed by atoms with Gasteiger partial charge in [0.25, 0.3) is 0 Å². The minimum absolute atomic E-state index is 0.0904. The third-order valence-electron chi connectivity index (χ3n) is 3.99. The van der Waals surface area contributed by atoms with Crippen molar-refractivity contribution >= 4 is 11.8 Å². The molecule has 0 saturated carbocycles. The number of rotatable bonds is 4. The van der Waals surface area contributed by atoms with E-state index in [0.717, 1.165) is 31.8 Å². The lowest BCUT2D eigenvalue weighted by atomic mass is 10.0. The topological polar surface area (TPSA) is 69.3 Å². The summed E-state index contributed by atoms with van der Waals surface area (Å²) in [6.07, 6.45) is 6.33. The first-order chi connectivity index (χ1) is 9.58. The van der Waals surface area contributed by atoms with E-state index in [-0.39, 0.29) is 17.9 Å². The van der Waals surface area contributed by atoms with Crippen molar-refractivity contribution in [3.8, 4) is 0 Å². The summed E-state index contributed by atoms with van der Waals surface area (Å²) < 4.78 is 0. The maximum Gasteiger partial charge on any atom is 0.223 e. The lowest BCUT2D eigenvalue weighted by molar-refractivity contribution is -0.134. The molecular formula is C14H22N4O2. The van der Waals surface area contributed by atoms with E-state index in [0.29, 0.717) is 12.8 Å². The molecule has 1 saturated heterocycles. The molecule has 1 aliphatic heterocycles. The van der Waals surface area contributed by atoms with Crippen LogP contribution < -0.4 is 0 Å². The molecule has 0 spiro atoms. The molecule has 0 radical (unpaired) electrons. The monoisotopic (exact) mass is 278 g/mol. The van der Waals surface area contributed by atoms with Crippen LogP contribution in [0.25, 0.3) is 0 Å². The van der Waals surface area contributed by atoms with Gasteiger partial charge in [-0.2, -0.15) is 0 Å². The molecule has 2 rings (SSSR count). The minimum Gasteiger partial charge on any atom is -0.349 e. The molecule has 1 fully saturated rings. The summed E-state index contributed by atoms with van der Waals surface area (Å²) in [5, 5.41) is 0.